The number of hydrogen-bond acceptors (Lipinski definition) is 3. The van der Waals surface area contributed by atoms with Gasteiger partial charge in [0.05, 0.1) is 5.60 Å². The SMILES string of the molecule is CN(CC1CCCC1)C1CCC(O)(CN)CC1. The second-order valence-electron chi connectivity index (χ2n) is 6.25. The van der Waals surface area contributed by atoms with E-state index in [0.29, 0.717) is 12.6 Å². The molecule has 2 rings (SSSR count). The van der Waals surface area contributed by atoms with E-state index in [9.17, 15) is 5.11 Å². The van der Waals surface area contributed by atoms with Gasteiger partial charge in [0.2, 0.25) is 0 Å². The van der Waals surface area contributed by atoms with E-state index in [0.717, 1.165) is 31.6 Å². The van der Waals surface area contributed by atoms with Gasteiger partial charge in [0, 0.05) is 19.1 Å². The first-order valence-corrected chi connectivity index (χ1v) is 7.26. The van der Waals surface area contributed by atoms with Crippen molar-refractivity contribution in [3.05, 3.63) is 0 Å². The first-order valence-electron chi connectivity index (χ1n) is 7.26. The van der Waals surface area contributed by atoms with Crippen molar-refractivity contribution < 1.29 is 5.11 Å². The highest BCUT2D eigenvalue weighted by atomic mass is 16.3. The highest BCUT2D eigenvalue weighted by molar-refractivity contribution is 4.89. The molecular formula is C14H28N2O. The summed E-state index contributed by atoms with van der Waals surface area (Å²) in [5.41, 5.74) is 5.06. The zero-order valence-electron chi connectivity index (χ0n) is 11.2. The van der Waals surface area contributed by atoms with E-state index in [1.807, 2.05) is 0 Å². The topological polar surface area (TPSA) is 49.5 Å². The smallest absolute Gasteiger partial charge is 0.0770 e. The van der Waals surface area contributed by atoms with E-state index in [1.54, 1.807) is 0 Å². The molecular weight excluding hydrogens is 212 g/mol. The molecule has 3 nitrogen and oxygen atoms in total. The van der Waals surface area contributed by atoms with Gasteiger partial charge < -0.3 is 15.7 Å². The van der Waals surface area contributed by atoms with Crippen LogP contribution in [0.4, 0.5) is 0 Å². The van der Waals surface area contributed by atoms with Gasteiger partial charge in [0.15, 0.2) is 0 Å². The minimum Gasteiger partial charge on any atom is -0.389 e. The van der Waals surface area contributed by atoms with Crippen LogP contribution in [0.2, 0.25) is 0 Å². The van der Waals surface area contributed by atoms with Gasteiger partial charge in [-0.15, -0.1) is 0 Å². The molecule has 0 spiro atoms. The fourth-order valence-electron chi connectivity index (χ4n) is 3.53. The summed E-state index contributed by atoms with van der Waals surface area (Å²) >= 11 is 0. The second-order valence-corrected chi connectivity index (χ2v) is 6.25. The van der Waals surface area contributed by atoms with E-state index in [1.165, 1.54) is 32.2 Å². The summed E-state index contributed by atoms with van der Waals surface area (Å²) < 4.78 is 0. The Morgan fingerprint density at radius 2 is 1.76 bits per heavy atom. The Morgan fingerprint density at radius 1 is 1.18 bits per heavy atom. The third-order valence-corrected chi connectivity index (χ3v) is 4.91. The molecule has 0 bridgehead atoms. The second kappa shape index (κ2) is 5.68. The van der Waals surface area contributed by atoms with Crippen LogP contribution in [0, 0.1) is 5.92 Å². The van der Waals surface area contributed by atoms with Crippen molar-refractivity contribution in [2.45, 2.75) is 63.0 Å². The molecule has 0 unspecified atom stereocenters. The molecule has 0 aromatic rings. The van der Waals surface area contributed by atoms with Gasteiger partial charge in [-0.1, -0.05) is 12.8 Å². The molecule has 2 aliphatic rings. The fraction of sp³-hybridized carbons (Fsp3) is 1.00. The molecule has 0 aromatic heterocycles. The normalized spacial score (nSPS) is 35.6. The number of aliphatic hydroxyl groups is 1. The molecule has 100 valence electrons. The quantitative estimate of drug-likeness (QED) is 0.787. The highest BCUT2D eigenvalue weighted by Crippen LogP contribution is 2.32. The summed E-state index contributed by atoms with van der Waals surface area (Å²) in [5.74, 6) is 0.926. The first kappa shape index (κ1) is 13.3. The van der Waals surface area contributed by atoms with Gasteiger partial charge in [-0.2, -0.15) is 0 Å². The lowest BCUT2D eigenvalue weighted by Gasteiger charge is -2.39. The zero-order chi connectivity index (χ0) is 12.3. The van der Waals surface area contributed by atoms with Crippen molar-refractivity contribution in [1.82, 2.24) is 4.90 Å². The van der Waals surface area contributed by atoms with E-state index in [2.05, 4.69) is 11.9 Å². The lowest BCUT2D eigenvalue weighted by molar-refractivity contribution is -0.0110. The summed E-state index contributed by atoms with van der Waals surface area (Å²) in [7, 11) is 2.26. The van der Waals surface area contributed by atoms with Crippen LogP contribution < -0.4 is 5.73 Å². The van der Waals surface area contributed by atoms with E-state index >= 15 is 0 Å². The third kappa shape index (κ3) is 3.43. The molecule has 17 heavy (non-hydrogen) atoms. The molecule has 0 amide bonds. The van der Waals surface area contributed by atoms with Gasteiger partial charge in [-0.05, 0) is 51.5 Å². The Morgan fingerprint density at radius 3 is 2.29 bits per heavy atom. The molecule has 0 radical (unpaired) electrons. The van der Waals surface area contributed by atoms with Crippen molar-refractivity contribution in [3.8, 4) is 0 Å². The highest BCUT2D eigenvalue weighted by Gasteiger charge is 2.33. The monoisotopic (exact) mass is 240 g/mol. The van der Waals surface area contributed by atoms with Crippen LogP contribution in [0.1, 0.15) is 51.4 Å². The van der Waals surface area contributed by atoms with Crippen LogP contribution in [-0.4, -0.2) is 41.8 Å². The number of nitrogens with two attached hydrogens (primary N) is 1. The summed E-state index contributed by atoms with van der Waals surface area (Å²) in [6, 6.07) is 0.669. The molecule has 3 N–H and O–H groups in total. The molecule has 2 fully saturated rings. The van der Waals surface area contributed by atoms with Gasteiger partial charge in [0.1, 0.15) is 0 Å². The summed E-state index contributed by atoms with van der Waals surface area (Å²) in [6.45, 7) is 1.68. The number of rotatable bonds is 4. The molecule has 0 saturated heterocycles. The van der Waals surface area contributed by atoms with Crippen LogP contribution in [0.3, 0.4) is 0 Å². The van der Waals surface area contributed by atoms with Crippen molar-refractivity contribution >= 4 is 0 Å². The minimum absolute atomic E-state index is 0.423. The first-order chi connectivity index (χ1) is 8.13. The molecule has 0 heterocycles. The fourth-order valence-corrected chi connectivity index (χ4v) is 3.53. The minimum atomic E-state index is -0.565. The van der Waals surface area contributed by atoms with Gasteiger partial charge in [0.25, 0.3) is 0 Å². The molecule has 0 atom stereocenters. The predicted molar refractivity (Wildman–Crippen MR) is 70.8 cm³/mol. The Kier molecular flexibility index (Phi) is 4.45. The standard InChI is InChI=1S/C14H28N2O/c1-16(10-12-4-2-3-5-12)13-6-8-14(17,11-15)9-7-13/h12-13,17H,2-11,15H2,1H3. The average Bonchev–Trinajstić information content (AvgIpc) is 2.83. The maximum Gasteiger partial charge on any atom is 0.0770 e. The zero-order valence-corrected chi connectivity index (χ0v) is 11.2. The number of hydrogen-bond donors (Lipinski definition) is 2. The lowest BCUT2D eigenvalue weighted by Crippen LogP contribution is -2.46. The summed E-state index contributed by atoms with van der Waals surface area (Å²) in [6.07, 6.45) is 9.67. The van der Waals surface area contributed by atoms with Gasteiger partial charge in [-0.3, -0.25) is 0 Å². The van der Waals surface area contributed by atoms with Gasteiger partial charge >= 0.3 is 0 Å². The number of nitrogens with zero attached hydrogens (tertiary/aromatic N) is 1. The Bertz CT molecular complexity index is 230. The van der Waals surface area contributed by atoms with Crippen molar-refractivity contribution in [2.24, 2.45) is 11.7 Å². The van der Waals surface area contributed by atoms with Crippen molar-refractivity contribution in [1.29, 1.82) is 0 Å². The van der Waals surface area contributed by atoms with Crippen molar-refractivity contribution in [3.63, 3.8) is 0 Å². The Labute approximate surface area is 105 Å². The predicted octanol–water partition coefficient (Wildman–Crippen LogP) is 1.74. The average molecular weight is 240 g/mol. The summed E-state index contributed by atoms with van der Waals surface area (Å²) in [4.78, 5) is 2.53. The van der Waals surface area contributed by atoms with Gasteiger partial charge in [-0.25, -0.2) is 0 Å². The van der Waals surface area contributed by atoms with Crippen LogP contribution in [0.15, 0.2) is 0 Å². The molecule has 3 heteroatoms. The Balaban J connectivity index is 1.75. The maximum absolute atomic E-state index is 10.1. The van der Waals surface area contributed by atoms with E-state index in [4.69, 9.17) is 5.73 Å². The van der Waals surface area contributed by atoms with Crippen LogP contribution >= 0.6 is 0 Å². The molecule has 0 aromatic carbocycles. The molecule has 0 aliphatic heterocycles. The van der Waals surface area contributed by atoms with E-state index < -0.39 is 5.60 Å². The molecule has 2 aliphatic carbocycles. The lowest BCUT2D eigenvalue weighted by atomic mass is 9.81. The van der Waals surface area contributed by atoms with E-state index in [-0.39, 0.29) is 0 Å². The van der Waals surface area contributed by atoms with Crippen molar-refractivity contribution in [2.75, 3.05) is 20.1 Å². The summed E-state index contributed by atoms with van der Waals surface area (Å²) in [5, 5.41) is 10.1. The largest absolute Gasteiger partial charge is 0.389 e. The van der Waals surface area contributed by atoms with Crippen LogP contribution in [-0.2, 0) is 0 Å². The van der Waals surface area contributed by atoms with Crippen LogP contribution in [0.25, 0.3) is 0 Å². The molecule has 2 saturated carbocycles. The third-order valence-electron chi connectivity index (χ3n) is 4.91. The maximum atomic E-state index is 10.1. The van der Waals surface area contributed by atoms with Crippen LogP contribution in [0.5, 0.6) is 0 Å². The Hall–Kier alpha value is -0.120.